The van der Waals surface area contributed by atoms with Gasteiger partial charge in [0.25, 0.3) is 5.91 Å². The molecule has 1 aliphatic heterocycles. The Morgan fingerprint density at radius 2 is 2.03 bits per heavy atom. The van der Waals surface area contributed by atoms with Crippen molar-refractivity contribution in [1.82, 2.24) is 14.7 Å². The quantitative estimate of drug-likeness (QED) is 0.275. The molecule has 2 aromatic carbocycles. The summed E-state index contributed by atoms with van der Waals surface area (Å²) >= 11 is 6.51. The number of amides is 1. The van der Waals surface area contributed by atoms with Gasteiger partial charge in [0.2, 0.25) is 0 Å². The monoisotopic (exact) mass is 525 g/mol. The van der Waals surface area contributed by atoms with Crippen molar-refractivity contribution in [3.05, 3.63) is 71.0 Å². The smallest absolute Gasteiger partial charge is 0.303 e. The van der Waals surface area contributed by atoms with Gasteiger partial charge in [-0.2, -0.15) is 5.10 Å². The van der Waals surface area contributed by atoms with E-state index in [2.05, 4.69) is 0 Å². The molecule has 0 atom stereocenters. The van der Waals surface area contributed by atoms with Crippen LogP contribution >= 0.6 is 24.0 Å². The summed E-state index contributed by atoms with van der Waals surface area (Å²) < 4.78 is 22.3. The Hall–Kier alpha value is -3.50. The standard InChI is InChI=1S/C26H24FN3O4S2/c1-2-13-34-21-11-10-17(14-20(21)27)24-18(16-30(28-24)19-7-4-3-5-8-19)15-22-25(33)29(26(35)36-22)12-6-9-23(31)32/h3-5,7-8,10-11,14-16H,2,6,9,12-13H2,1H3,(H,31,32). The molecule has 186 valence electrons. The van der Waals surface area contributed by atoms with Crippen LogP contribution in [0.5, 0.6) is 5.75 Å². The van der Waals surface area contributed by atoms with Crippen LogP contribution in [0.15, 0.2) is 59.6 Å². The molecule has 36 heavy (non-hydrogen) atoms. The number of rotatable bonds is 10. The van der Waals surface area contributed by atoms with E-state index in [0.29, 0.717) is 39.1 Å². The summed E-state index contributed by atoms with van der Waals surface area (Å²) in [5.74, 6) is -1.53. The highest BCUT2D eigenvalue weighted by Crippen LogP contribution is 2.35. The summed E-state index contributed by atoms with van der Waals surface area (Å²) in [6, 6.07) is 14.1. The first-order valence-corrected chi connectivity index (χ1v) is 12.6. The lowest BCUT2D eigenvalue weighted by Gasteiger charge is -2.13. The van der Waals surface area contributed by atoms with Gasteiger partial charge in [0.1, 0.15) is 10.0 Å². The molecule has 7 nitrogen and oxygen atoms in total. The number of carboxylic acid groups (broad SMARTS) is 1. The number of carbonyl (C=O) groups is 2. The third-order valence-electron chi connectivity index (χ3n) is 5.36. The Balaban J connectivity index is 1.70. The number of thioether (sulfide) groups is 1. The molecule has 1 aromatic heterocycles. The second-order valence-corrected chi connectivity index (χ2v) is 9.71. The Kier molecular flexibility index (Phi) is 8.17. The van der Waals surface area contributed by atoms with Gasteiger partial charge in [-0.1, -0.05) is 49.1 Å². The van der Waals surface area contributed by atoms with E-state index in [1.807, 2.05) is 37.3 Å². The van der Waals surface area contributed by atoms with Gasteiger partial charge >= 0.3 is 5.97 Å². The first-order chi connectivity index (χ1) is 17.4. The van der Waals surface area contributed by atoms with Gasteiger partial charge < -0.3 is 9.84 Å². The zero-order valence-corrected chi connectivity index (χ0v) is 21.2. The molecule has 10 heteroatoms. The molecule has 1 saturated heterocycles. The van der Waals surface area contributed by atoms with Gasteiger partial charge in [-0.05, 0) is 49.2 Å². The van der Waals surface area contributed by atoms with E-state index in [0.717, 1.165) is 23.9 Å². The van der Waals surface area contributed by atoms with Crippen LogP contribution in [0.2, 0.25) is 0 Å². The summed E-state index contributed by atoms with van der Waals surface area (Å²) in [5, 5.41) is 13.6. The van der Waals surface area contributed by atoms with E-state index in [-0.39, 0.29) is 24.6 Å². The van der Waals surface area contributed by atoms with Gasteiger partial charge in [-0.25, -0.2) is 9.07 Å². The molecular formula is C26H24FN3O4S2. The minimum atomic E-state index is -0.924. The van der Waals surface area contributed by atoms with Crippen molar-refractivity contribution < 1.29 is 23.8 Å². The molecule has 4 rings (SSSR count). The second-order valence-electron chi connectivity index (χ2n) is 8.04. The summed E-state index contributed by atoms with van der Waals surface area (Å²) in [5.41, 5.74) is 2.46. The average Bonchev–Trinajstić information content (AvgIpc) is 3.40. The molecule has 0 radical (unpaired) electrons. The maximum absolute atomic E-state index is 14.8. The molecule has 0 bridgehead atoms. The number of aliphatic carboxylic acids is 1. The van der Waals surface area contributed by atoms with Crippen LogP contribution in [0.4, 0.5) is 4.39 Å². The zero-order valence-electron chi connectivity index (χ0n) is 19.5. The molecule has 1 fully saturated rings. The number of carbonyl (C=O) groups excluding carboxylic acids is 1. The highest BCUT2D eigenvalue weighted by atomic mass is 32.2. The zero-order chi connectivity index (χ0) is 25.7. The van der Waals surface area contributed by atoms with Gasteiger partial charge in [0, 0.05) is 30.3 Å². The van der Waals surface area contributed by atoms with Crippen LogP contribution in [0.3, 0.4) is 0 Å². The van der Waals surface area contributed by atoms with E-state index in [1.54, 1.807) is 29.1 Å². The summed E-state index contributed by atoms with van der Waals surface area (Å²) in [6.45, 7) is 2.59. The lowest BCUT2D eigenvalue weighted by Crippen LogP contribution is -2.29. The molecule has 1 amide bonds. The van der Waals surface area contributed by atoms with Gasteiger partial charge in [-0.15, -0.1) is 0 Å². The third kappa shape index (κ3) is 5.83. The van der Waals surface area contributed by atoms with Crippen molar-refractivity contribution in [1.29, 1.82) is 0 Å². The van der Waals surface area contributed by atoms with E-state index < -0.39 is 11.8 Å². The van der Waals surface area contributed by atoms with Crippen LogP contribution in [0, 0.1) is 5.82 Å². The summed E-state index contributed by atoms with van der Waals surface area (Å²) in [4.78, 5) is 25.7. The normalized spacial score (nSPS) is 14.6. The van der Waals surface area contributed by atoms with E-state index in [9.17, 15) is 14.0 Å². The van der Waals surface area contributed by atoms with Crippen LogP contribution in [-0.2, 0) is 9.59 Å². The van der Waals surface area contributed by atoms with Crippen molar-refractivity contribution in [2.24, 2.45) is 0 Å². The minimum absolute atomic E-state index is 0.0480. The number of hydrogen-bond acceptors (Lipinski definition) is 6. The first-order valence-electron chi connectivity index (χ1n) is 11.4. The molecule has 0 aliphatic carbocycles. The van der Waals surface area contributed by atoms with Crippen molar-refractivity contribution >= 4 is 46.3 Å². The van der Waals surface area contributed by atoms with Crippen LogP contribution < -0.4 is 4.74 Å². The fourth-order valence-electron chi connectivity index (χ4n) is 3.63. The molecule has 1 aliphatic rings. The predicted molar refractivity (Wildman–Crippen MR) is 141 cm³/mol. The summed E-state index contributed by atoms with van der Waals surface area (Å²) in [7, 11) is 0. The van der Waals surface area contributed by atoms with E-state index >= 15 is 0 Å². The van der Waals surface area contributed by atoms with Gasteiger partial charge in [0.05, 0.1) is 17.2 Å². The number of benzene rings is 2. The summed E-state index contributed by atoms with van der Waals surface area (Å²) in [6.07, 6.45) is 4.49. The van der Waals surface area contributed by atoms with Gasteiger partial charge in [-0.3, -0.25) is 14.5 Å². The Bertz CT molecular complexity index is 1320. The first kappa shape index (κ1) is 25.6. The van der Waals surface area contributed by atoms with Crippen molar-refractivity contribution in [2.45, 2.75) is 26.2 Å². The minimum Gasteiger partial charge on any atom is -0.491 e. The number of hydrogen-bond donors (Lipinski definition) is 1. The average molecular weight is 526 g/mol. The SMILES string of the molecule is CCCOc1ccc(-c2nn(-c3ccccc3)cc2C=C2SC(=S)N(CCCC(=O)O)C2=O)cc1F. The van der Waals surface area contributed by atoms with Crippen molar-refractivity contribution in [2.75, 3.05) is 13.2 Å². The Morgan fingerprint density at radius 3 is 2.72 bits per heavy atom. The highest BCUT2D eigenvalue weighted by molar-refractivity contribution is 8.26. The lowest BCUT2D eigenvalue weighted by molar-refractivity contribution is -0.137. The highest BCUT2D eigenvalue weighted by Gasteiger charge is 2.32. The van der Waals surface area contributed by atoms with Crippen LogP contribution in [0.1, 0.15) is 31.7 Å². The topological polar surface area (TPSA) is 84.7 Å². The molecule has 2 heterocycles. The fraction of sp³-hybridized carbons (Fsp3) is 0.231. The van der Waals surface area contributed by atoms with E-state index in [4.69, 9.17) is 27.2 Å². The number of para-hydroxylation sites is 1. The second kappa shape index (κ2) is 11.5. The maximum atomic E-state index is 14.8. The molecule has 0 unspecified atom stereocenters. The molecule has 3 aromatic rings. The number of thiocarbonyl (C=S) groups is 1. The number of ether oxygens (including phenoxy) is 1. The maximum Gasteiger partial charge on any atom is 0.303 e. The number of halogens is 1. The number of aromatic nitrogens is 2. The van der Waals surface area contributed by atoms with Gasteiger partial charge in [0.15, 0.2) is 11.6 Å². The predicted octanol–water partition coefficient (Wildman–Crippen LogP) is 5.53. The van der Waals surface area contributed by atoms with Crippen LogP contribution in [0.25, 0.3) is 23.0 Å². The van der Waals surface area contributed by atoms with Crippen molar-refractivity contribution in [3.63, 3.8) is 0 Å². The molecule has 1 N–H and O–H groups in total. The fourth-order valence-corrected chi connectivity index (χ4v) is 4.93. The largest absolute Gasteiger partial charge is 0.491 e. The lowest BCUT2D eigenvalue weighted by atomic mass is 10.1. The van der Waals surface area contributed by atoms with Crippen LogP contribution in [-0.4, -0.2) is 49.1 Å². The third-order valence-corrected chi connectivity index (χ3v) is 6.74. The molecular weight excluding hydrogens is 501 g/mol. The molecule has 0 saturated carbocycles. The Labute approximate surface area is 217 Å². The van der Waals surface area contributed by atoms with E-state index in [1.165, 1.54) is 11.0 Å². The van der Waals surface area contributed by atoms with Crippen molar-refractivity contribution in [3.8, 4) is 22.7 Å². The molecule has 0 spiro atoms. The number of nitrogens with zero attached hydrogens (tertiary/aromatic N) is 3. The Morgan fingerprint density at radius 1 is 1.25 bits per heavy atom. The number of carboxylic acids is 1.